The molecule has 1 aliphatic carbocycles. The topological polar surface area (TPSA) is 29.9 Å². The zero-order valence-corrected chi connectivity index (χ0v) is 11.0. The summed E-state index contributed by atoms with van der Waals surface area (Å²) >= 11 is 0. The lowest BCUT2D eigenvalue weighted by atomic mass is 10.1. The van der Waals surface area contributed by atoms with E-state index >= 15 is 0 Å². The fourth-order valence-electron chi connectivity index (χ4n) is 2.59. The van der Waals surface area contributed by atoms with Crippen molar-refractivity contribution in [3.63, 3.8) is 0 Å². The Kier molecular flexibility index (Phi) is 4.00. The third-order valence-electron chi connectivity index (χ3n) is 3.61. The molecule has 102 valence electrons. The Morgan fingerprint density at radius 3 is 3.00 bits per heavy atom. The van der Waals surface area contributed by atoms with Crippen LogP contribution in [0.3, 0.4) is 0 Å². The first-order valence-corrected chi connectivity index (χ1v) is 6.64. The molecule has 2 atom stereocenters. The highest BCUT2D eigenvalue weighted by Crippen LogP contribution is 2.39. The minimum absolute atomic E-state index is 0.00492. The van der Waals surface area contributed by atoms with Crippen LogP contribution in [0.15, 0.2) is 12.4 Å². The van der Waals surface area contributed by atoms with Crippen LogP contribution in [0, 0.1) is 5.92 Å². The number of hydrogen-bond acceptors (Lipinski definition) is 2. The van der Waals surface area contributed by atoms with Crippen molar-refractivity contribution in [2.24, 2.45) is 5.92 Å². The van der Waals surface area contributed by atoms with Crippen molar-refractivity contribution in [1.29, 1.82) is 0 Å². The molecule has 1 aromatic heterocycles. The average molecular weight is 257 g/mol. The van der Waals surface area contributed by atoms with E-state index in [2.05, 4.69) is 24.3 Å². The number of aromatic nitrogens is 2. The van der Waals surface area contributed by atoms with Gasteiger partial charge in [0.2, 0.25) is 5.92 Å². The largest absolute Gasteiger partial charge is 0.310 e. The van der Waals surface area contributed by atoms with Gasteiger partial charge in [-0.2, -0.15) is 5.10 Å². The van der Waals surface area contributed by atoms with E-state index in [9.17, 15) is 8.78 Å². The van der Waals surface area contributed by atoms with E-state index in [-0.39, 0.29) is 24.8 Å². The van der Waals surface area contributed by atoms with E-state index in [0.717, 1.165) is 12.1 Å². The molecule has 0 saturated heterocycles. The average Bonchev–Trinajstić information content (AvgIpc) is 2.86. The molecule has 1 aromatic rings. The van der Waals surface area contributed by atoms with E-state index in [0.29, 0.717) is 13.0 Å². The van der Waals surface area contributed by atoms with Crippen molar-refractivity contribution in [1.82, 2.24) is 15.1 Å². The summed E-state index contributed by atoms with van der Waals surface area (Å²) < 4.78 is 28.0. The first kappa shape index (κ1) is 13.5. The zero-order chi connectivity index (χ0) is 13.2. The molecular formula is C13H21F2N3. The van der Waals surface area contributed by atoms with Crippen LogP contribution in [0.1, 0.15) is 44.7 Å². The van der Waals surface area contributed by atoms with Crippen molar-refractivity contribution in [3.05, 3.63) is 18.0 Å². The molecule has 1 heterocycles. The molecule has 3 nitrogen and oxygen atoms in total. The normalized spacial score (nSPS) is 24.3. The SMILES string of the molecule is CCNC(C)c1cnn(CC2CCC(F)(F)C2)c1. The minimum atomic E-state index is -2.46. The standard InChI is InChI=1S/C13H21F2N3/c1-3-16-10(2)12-7-17-18(9-12)8-11-4-5-13(14,15)6-11/h7,9-11,16H,3-6,8H2,1-2H3. The summed E-state index contributed by atoms with van der Waals surface area (Å²) in [5.41, 5.74) is 1.11. The van der Waals surface area contributed by atoms with Crippen LogP contribution in [0.4, 0.5) is 8.78 Å². The van der Waals surface area contributed by atoms with Gasteiger partial charge >= 0.3 is 0 Å². The molecule has 1 N–H and O–H groups in total. The molecule has 2 rings (SSSR count). The highest BCUT2D eigenvalue weighted by atomic mass is 19.3. The second-order valence-corrected chi connectivity index (χ2v) is 5.24. The second-order valence-electron chi connectivity index (χ2n) is 5.24. The molecular weight excluding hydrogens is 236 g/mol. The maximum Gasteiger partial charge on any atom is 0.248 e. The number of alkyl halides is 2. The lowest BCUT2D eigenvalue weighted by Crippen LogP contribution is -2.17. The molecule has 0 aliphatic heterocycles. The summed E-state index contributed by atoms with van der Waals surface area (Å²) in [6.07, 6.45) is 4.42. The third-order valence-corrected chi connectivity index (χ3v) is 3.61. The number of nitrogens with zero attached hydrogens (tertiary/aromatic N) is 2. The van der Waals surface area contributed by atoms with Gasteiger partial charge in [0.05, 0.1) is 6.20 Å². The number of rotatable bonds is 5. The molecule has 2 unspecified atom stereocenters. The first-order valence-electron chi connectivity index (χ1n) is 6.64. The fraction of sp³-hybridized carbons (Fsp3) is 0.769. The molecule has 0 amide bonds. The Labute approximate surface area is 107 Å². The molecule has 0 spiro atoms. The lowest BCUT2D eigenvalue weighted by Gasteiger charge is -2.11. The van der Waals surface area contributed by atoms with Crippen LogP contribution in [0.25, 0.3) is 0 Å². The van der Waals surface area contributed by atoms with E-state index in [1.165, 1.54) is 0 Å². The van der Waals surface area contributed by atoms with Crippen LogP contribution in [-0.2, 0) is 6.54 Å². The van der Waals surface area contributed by atoms with Gasteiger partial charge in [-0.1, -0.05) is 6.92 Å². The predicted octanol–water partition coefficient (Wildman–Crippen LogP) is 2.99. The van der Waals surface area contributed by atoms with Gasteiger partial charge in [-0.3, -0.25) is 4.68 Å². The summed E-state index contributed by atoms with van der Waals surface area (Å²) in [4.78, 5) is 0. The van der Waals surface area contributed by atoms with Gasteiger partial charge in [0, 0.05) is 37.2 Å². The first-order chi connectivity index (χ1) is 8.50. The molecule has 1 fully saturated rings. The van der Waals surface area contributed by atoms with Gasteiger partial charge < -0.3 is 5.32 Å². The summed E-state index contributed by atoms with van der Waals surface area (Å²) in [5, 5.41) is 7.57. The molecule has 0 radical (unpaired) electrons. The Balaban J connectivity index is 1.91. The van der Waals surface area contributed by atoms with Gasteiger partial charge in [-0.05, 0) is 25.8 Å². The van der Waals surface area contributed by atoms with Crippen molar-refractivity contribution in [2.45, 2.75) is 51.6 Å². The van der Waals surface area contributed by atoms with Crippen molar-refractivity contribution >= 4 is 0 Å². The van der Waals surface area contributed by atoms with Crippen molar-refractivity contribution < 1.29 is 8.78 Å². The summed E-state index contributed by atoms with van der Waals surface area (Å²) in [7, 11) is 0. The summed E-state index contributed by atoms with van der Waals surface area (Å²) in [5.74, 6) is -2.40. The number of halogens is 2. The molecule has 5 heteroatoms. The van der Waals surface area contributed by atoms with Crippen LogP contribution in [-0.4, -0.2) is 22.2 Å². The Bertz CT molecular complexity index is 389. The van der Waals surface area contributed by atoms with E-state index in [4.69, 9.17) is 0 Å². The van der Waals surface area contributed by atoms with E-state index in [1.807, 2.05) is 12.4 Å². The van der Waals surface area contributed by atoms with Crippen molar-refractivity contribution in [3.8, 4) is 0 Å². The Morgan fingerprint density at radius 2 is 2.39 bits per heavy atom. The lowest BCUT2D eigenvalue weighted by molar-refractivity contribution is 0.00422. The maximum absolute atomic E-state index is 13.1. The molecule has 1 saturated carbocycles. The third kappa shape index (κ3) is 3.28. The number of nitrogens with one attached hydrogen (secondary N) is 1. The predicted molar refractivity (Wildman–Crippen MR) is 66.6 cm³/mol. The van der Waals surface area contributed by atoms with Gasteiger partial charge in [0.15, 0.2) is 0 Å². The van der Waals surface area contributed by atoms with E-state index < -0.39 is 5.92 Å². The highest BCUT2D eigenvalue weighted by Gasteiger charge is 2.39. The molecule has 0 bridgehead atoms. The zero-order valence-electron chi connectivity index (χ0n) is 11.0. The second kappa shape index (κ2) is 5.34. The van der Waals surface area contributed by atoms with Gasteiger partial charge in [0.25, 0.3) is 0 Å². The van der Waals surface area contributed by atoms with Crippen LogP contribution < -0.4 is 5.32 Å². The maximum atomic E-state index is 13.1. The van der Waals surface area contributed by atoms with Crippen LogP contribution in [0.5, 0.6) is 0 Å². The Morgan fingerprint density at radius 1 is 1.61 bits per heavy atom. The highest BCUT2D eigenvalue weighted by molar-refractivity contribution is 5.09. The fourth-order valence-corrected chi connectivity index (χ4v) is 2.59. The number of hydrogen-bond donors (Lipinski definition) is 1. The van der Waals surface area contributed by atoms with Crippen LogP contribution >= 0.6 is 0 Å². The molecule has 0 aromatic carbocycles. The van der Waals surface area contributed by atoms with E-state index in [1.54, 1.807) is 4.68 Å². The molecule has 18 heavy (non-hydrogen) atoms. The summed E-state index contributed by atoms with van der Waals surface area (Å²) in [6, 6.07) is 0.258. The summed E-state index contributed by atoms with van der Waals surface area (Å²) in [6.45, 7) is 5.64. The van der Waals surface area contributed by atoms with Gasteiger partial charge in [-0.25, -0.2) is 8.78 Å². The van der Waals surface area contributed by atoms with Crippen LogP contribution in [0.2, 0.25) is 0 Å². The quantitative estimate of drug-likeness (QED) is 0.878. The van der Waals surface area contributed by atoms with Gasteiger partial charge in [-0.15, -0.1) is 0 Å². The molecule has 1 aliphatic rings. The Hall–Kier alpha value is -0.970. The smallest absolute Gasteiger partial charge is 0.248 e. The minimum Gasteiger partial charge on any atom is -0.310 e. The van der Waals surface area contributed by atoms with Crippen molar-refractivity contribution in [2.75, 3.05) is 6.54 Å². The monoisotopic (exact) mass is 257 g/mol. The van der Waals surface area contributed by atoms with Gasteiger partial charge in [0.1, 0.15) is 0 Å².